The van der Waals surface area contributed by atoms with E-state index in [1.165, 1.54) is 23.5 Å². The van der Waals surface area contributed by atoms with Gasteiger partial charge in [-0.1, -0.05) is 30.3 Å². The highest BCUT2D eigenvalue weighted by molar-refractivity contribution is 7.12. The first kappa shape index (κ1) is 11.6. The summed E-state index contributed by atoms with van der Waals surface area (Å²) in [6, 6.07) is 12.1. The largest absolute Gasteiger partial charge is 0.272 e. The lowest BCUT2D eigenvalue weighted by atomic mass is 10.2. The minimum absolute atomic E-state index is 0.312. The number of rotatable bonds is 2. The molecule has 0 unspecified atom stereocenters. The van der Waals surface area contributed by atoms with E-state index in [1.807, 2.05) is 35.7 Å². The molecule has 3 rings (SSSR count). The summed E-state index contributed by atoms with van der Waals surface area (Å²) < 4.78 is 1.15. The Balaban J connectivity index is 2.09. The third-order valence-corrected chi connectivity index (χ3v) is 3.40. The molecule has 1 N–H and O–H groups in total. The molecule has 0 fully saturated rings. The van der Waals surface area contributed by atoms with Crippen molar-refractivity contribution in [3.63, 3.8) is 0 Å². The fourth-order valence-corrected chi connectivity index (χ4v) is 2.47. The van der Waals surface area contributed by atoms with Crippen molar-refractivity contribution < 1.29 is 0 Å². The summed E-state index contributed by atoms with van der Waals surface area (Å²) in [4.78, 5) is 27.3. The average molecular weight is 271 g/mol. The number of nitrogens with zero attached hydrogens (tertiary/aromatic N) is 2. The molecule has 0 aliphatic rings. The lowest BCUT2D eigenvalue weighted by molar-refractivity contribution is 0.780. The van der Waals surface area contributed by atoms with Crippen LogP contribution in [0.4, 0.5) is 0 Å². The van der Waals surface area contributed by atoms with Crippen LogP contribution < -0.4 is 11.1 Å². The molecule has 0 radical (unpaired) electrons. The van der Waals surface area contributed by atoms with Gasteiger partial charge in [-0.25, -0.2) is 4.98 Å². The summed E-state index contributed by atoms with van der Waals surface area (Å²) in [6.45, 7) is 0. The molecule has 0 saturated heterocycles. The summed E-state index contributed by atoms with van der Waals surface area (Å²) in [5.74, 6) is 0. The molecule has 3 aromatic rings. The van der Waals surface area contributed by atoms with Gasteiger partial charge >= 0.3 is 0 Å². The lowest BCUT2D eigenvalue weighted by Gasteiger charge is -1.98. The number of benzene rings is 1. The van der Waals surface area contributed by atoms with Gasteiger partial charge in [0, 0.05) is 23.1 Å². The first-order valence-electron chi connectivity index (χ1n) is 5.58. The standard InChI is InChI=1S/C13H9N3O2S/c17-11-6-7-12(18)16(15-11)13-14-10(8-19-13)9-4-2-1-3-5-9/h1-8H,(H,15,17). The van der Waals surface area contributed by atoms with Gasteiger partial charge in [-0.2, -0.15) is 4.68 Å². The number of thiazole rings is 1. The van der Waals surface area contributed by atoms with Gasteiger partial charge in [-0.05, 0) is 0 Å². The van der Waals surface area contributed by atoms with Crippen molar-refractivity contribution in [3.05, 3.63) is 68.6 Å². The Labute approximate surface area is 111 Å². The SMILES string of the molecule is O=c1ccc(=O)n(-c2nc(-c3ccccc3)cs2)[nH]1. The maximum Gasteiger partial charge on any atom is 0.272 e. The van der Waals surface area contributed by atoms with Crippen molar-refractivity contribution in [1.29, 1.82) is 0 Å². The second-order valence-corrected chi connectivity index (χ2v) is 4.70. The molecule has 94 valence electrons. The van der Waals surface area contributed by atoms with Gasteiger partial charge < -0.3 is 0 Å². The molecule has 0 amide bonds. The van der Waals surface area contributed by atoms with E-state index >= 15 is 0 Å². The predicted molar refractivity (Wildman–Crippen MR) is 73.8 cm³/mol. The number of aromatic nitrogens is 3. The Morgan fingerprint density at radius 2 is 1.84 bits per heavy atom. The van der Waals surface area contributed by atoms with Crippen molar-refractivity contribution >= 4 is 11.3 Å². The topological polar surface area (TPSA) is 67.8 Å². The van der Waals surface area contributed by atoms with Crippen molar-refractivity contribution in [2.75, 3.05) is 0 Å². The number of H-pyrrole nitrogens is 1. The molecule has 0 aliphatic carbocycles. The zero-order chi connectivity index (χ0) is 13.2. The normalized spacial score (nSPS) is 10.5. The Morgan fingerprint density at radius 1 is 1.05 bits per heavy atom. The van der Waals surface area contributed by atoms with Gasteiger partial charge in [0.2, 0.25) is 5.13 Å². The average Bonchev–Trinajstić information content (AvgIpc) is 2.92. The van der Waals surface area contributed by atoms with E-state index < -0.39 is 0 Å². The number of aromatic amines is 1. The summed E-state index contributed by atoms with van der Waals surface area (Å²) in [5.41, 5.74) is 1.10. The lowest BCUT2D eigenvalue weighted by Crippen LogP contribution is -2.26. The Bertz CT molecular complexity index is 817. The molecule has 0 bridgehead atoms. The maximum absolute atomic E-state index is 11.7. The molecular weight excluding hydrogens is 262 g/mol. The summed E-state index contributed by atoms with van der Waals surface area (Å²) in [5, 5.41) is 4.75. The van der Waals surface area contributed by atoms with Crippen LogP contribution in [-0.4, -0.2) is 14.8 Å². The maximum atomic E-state index is 11.7. The van der Waals surface area contributed by atoms with E-state index in [-0.39, 0.29) is 11.1 Å². The smallest absolute Gasteiger partial charge is 0.268 e. The van der Waals surface area contributed by atoms with Crippen LogP contribution in [0.3, 0.4) is 0 Å². The van der Waals surface area contributed by atoms with Gasteiger partial charge in [0.25, 0.3) is 11.1 Å². The van der Waals surface area contributed by atoms with E-state index in [9.17, 15) is 9.59 Å². The second-order valence-electron chi connectivity index (χ2n) is 3.86. The van der Waals surface area contributed by atoms with Gasteiger partial charge in [-0.15, -0.1) is 11.3 Å². The Kier molecular flexibility index (Phi) is 2.85. The van der Waals surface area contributed by atoms with Gasteiger partial charge in [0.15, 0.2) is 0 Å². The number of nitrogens with one attached hydrogen (secondary N) is 1. The minimum atomic E-state index is -0.337. The summed E-state index contributed by atoms with van der Waals surface area (Å²) in [7, 11) is 0. The highest BCUT2D eigenvalue weighted by Gasteiger charge is 2.07. The molecule has 2 aromatic heterocycles. The molecule has 1 aromatic carbocycles. The highest BCUT2D eigenvalue weighted by atomic mass is 32.1. The molecule has 0 saturated carbocycles. The van der Waals surface area contributed by atoms with Crippen molar-refractivity contribution in [1.82, 2.24) is 14.8 Å². The first-order chi connectivity index (χ1) is 9.24. The van der Waals surface area contributed by atoms with Crippen LogP contribution >= 0.6 is 11.3 Å². The van der Waals surface area contributed by atoms with Gasteiger partial charge in [0.05, 0.1) is 5.69 Å². The summed E-state index contributed by atoms with van der Waals surface area (Å²) >= 11 is 1.30. The number of hydrogen-bond donors (Lipinski definition) is 1. The fraction of sp³-hybridized carbons (Fsp3) is 0. The minimum Gasteiger partial charge on any atom is -0.268 e. The molecule has 19 heavy (non-hydrogen) atoms. The van der Waals surface area contributed by atoms with Gasteiger partial charge in [0.1, 0.15) is 0 Å². The van der Waals surface area contributed by atoms with Crippen LogP contribution in [-0.2, 0) is 0 Å². The Hall–Kier alpha value is -2.47. The van der Waals surface area contributed by atoms with Crippen LogP contribution in [0.1, 0.15) is 0 Å². The molecule has 5 nitrogen and oxygen atoms in total. The van der Waals surface area contributed by atoms with Crippen LogP contribution in [0.25, 0.3) is 16.4 Å². The van der Waals surface area contributed by atoms with E-state index in [4.69, 9.17) is 0 Å². The summed E-state index contributed by atoms with van der Waals surface area (Å²) in [6.07, 6.45) is 0. The van der Waals surface area contributed by atoms with Crippen molar-refractivity contribution in [2.24, 2.45) is 0 Å². The van der Waals surface area contributed by atoms with Crippen LogP contribution in [0.2, 0.25) is 0 Å². The van der Waals surface area contributed by atoms with E-state index in [2.05, 4.69) is 10.1 Å². The molecular formula is C13H9N3O2S. The third kappa shape index (κ3) is 2.25. The Morgan fingerprint density at radius 3 is 2.63 bits per heavy atom. The number of hydrogen-bond acceptors (Lipinski definition) is 4. The van der Waals surface area contributed by atoms with Crippen molar-refractivity contribution in [2.45, 2.75) is 0 Å². The van der Waals surface area contributed by atoms with E-state index in [0.29, 0.717) is 5.13 Å². The molecule has 0 spiro atoms. The molecule has 2 heterocycles. The molecule has 0 atom stereocenters. The van der Waals surface area contributed by atoms with Gasteiger partial charge in [-0.3, -0.25) is 14.7 Å². The third-order valence-electron chi connectivity index (χ3n) is 2.57. The monoisotopic (exact) mass is 271 g/mol. The highest BCUT2D eigenvalue weighted by Crippen LogP contribution is 2.22. The predicted octanol–water partition coefficient (Wildman–Crippen LogP) is 1.65. The van der Waals surface area contributed by atoms with E-state index in [1.54, 1.807) is 0 Å². The fourth-order valence-electron chi connectivity index (χ4n) is 1.67. The zero-order valence-electron chi connectivity index (χ0n) is 9.74. The van der Waals surface area contributed by atoms with Crippen LogP contribution in [0, 0.1) is 0 Å². The molecule has 0 aliphatic heterocycles. The van der Waals surface area contributed by atoms with Crippen LogP contribution in [0.15, 0.2) is 57.4 Å². The zero-order valence-corrected chi connectivity index (χ0v) is 10.6. The first-order valence-corrected chi connectivity index (χ1v) is 6.46. The molecule has 6 heteroatoms. The van der Waals surface area contributed by atoms with Crippen LogP contribution in [0.5, 0.6) is 0 Å². The second kappa shape index (κ2) is 4.66. The van der Waals surface area contributed by atoms with Crippen molar-refractivity contribution in [3.8, 4) is 16.4 Å². The van der Waals surface area contributed by atoms with E-state index in [0.717, 1.165) is 15.9 Å². The quantitative estimate of drug-likeness (QED) is 0.770.